The van der Waals surface area contributed by atoms with Crippen LogP contribution in [-0.2, 0) is 14.8 Å². The van der Waals surface area contributed by atoms with Gasteiger partial charge in [0.05, 0.1) is 18.0 Å². The number of nitrogens with one attached hydrogen (secondary N) is 1. The van der Waals surface area contributed by atoms with Gasteiger partial charge in [-0.3, -0.25) is 9.10 Å². The molecule has 0 aromatic heterocycles. The Labute approximate surface area is 172 Å². The van der Waals surface area contributed by atoms with E-state index in [0.29, 0.717) is 17.1 Å². The summed E-state index contributed by atoms with van der Waals surface area (Å²) < 4.78 is 25.8. The van der Waals surface area contributed by atoms with Crippen LogP contribution in [0.4, 0.5) is 5.69 Å². The van der Waals surface area contributed by atoms with Crippen molar-refractivity contribution in [1.29, 1.82) is 0 Å². The fraction of sp³-hybridized carbons (Fsp3) is 0.381. The third kappa shape index (κ3) is 5.49. The molecule has 0 heterocycles. The van der Waals surface area contributed by atoms with Gasteiger partial charge in [-0.15, -0.1) is 0 Å². The molecule has 0 aliphatic carbocycles. The first-order chi connectivity index (χ1) is 13.0. The number of hydrogen-bond donors (Lipinski definition) is 1. The molecule has 0 bridgehead atoms. The second-order valence-electron chi connectivity index (χ2n) is 7.07. The number of sulfonamides is 1. The monoisotopic (exact) mass is 422 g/mol. The van der Waals surface area contributed by atoms with Crippen molar-refractivity contribution in [1.82, 2.24) is 5.32 Å². The van der Waals surface area contributed by atoms with E-state index in [1.807, 2.05) is 32.9 Å². The van der Waals surface area contributed by atoms with Crippen LogP contribution in [0.15, 0.2) is 36.4 Å². The molecule has 0 unspecified atom stereocenters. The molecule has 0 aliphatic rings. The maximum Gasteiger partial charge on any atom is 0.241 e. The van der Waals surface area contributed by atoms with E-state index in [0.717, 1.165) is 27.3 Å². The molecule has 0 radical (unpaired) electrons. The summed E-state index contributed by atoms with van der Waals surface area (Å²) in [6.45, 7) is 7.53. The number of nitrogens with zero attached hydrogens (tertiary/aromatic N) is 1. The Morgan fingerprint density at radius 1 is 1.07 bits per heavy atom. The topological polar surface area (TPSA) is 66.5 Å². The molecule has 2 aromatic carbocycles. The predicted molar refractivity (Wildman–Crippen MR) is 115 cm³/mol. The van der Waals surface area contributed by atoms with Gasteiger partial charge in [-0.05, 0) is 61.6 Å². The Bertz CT molecular complexity index is 974. The Kier molecular flexibility index (Phi) is 7.12. The van der Waals surface area contributed by atoms with E-state index < -0.39 is 10.0 Å². The molecular weight excluding hydrogens is 396 g/mol. The molecule has 1 amide bonds. The lowest BCUT2D eigenvalue weighted by Crippen LogP contribution is -2.41. The highest BCUT2D eigenvalue weighted by molar-refractivity contribution is 7.92. The summed E-state index contributed by atoms with van der Waals surface area (Å²) in [4.78, 5) is 12.7. The number of rotatable bonds is 7. The number of amides is 1. The largest absolute Gasteiger partial charge is 0.348 e. The normalized spacial score (nSPS) is 12.5. The first kappa shape index (κ1) is 22.2. The van der Waals surface area contributed by atoms with Gasteiger partial charge >= 0.3 is 0 Å². The minimum atomic E-state index is -3.66. The Morgan fingerprint density at radius 2 is 1.71 bits per heavy atom. The van der Waals surface area contributed by atoms with Crippen LogP contribution >= 0.6 is 11.6 Å². The number of carbonyl (C=O) groups is 1. The number of anilines is 1. The van der Waals surface area contributed by atoms with Crippen LogP contribution in [0.25, 0.3) is 0 Å². The Morgan fingerprint density at radius 3 is 2.29 bits per heavy atom. The summed E-state index contributed by atoms with van der Waals surface area (Å²) in [6, 6.07) is 10.9. The zero-order chi connectivity index (χ0) is 21.1. The van der Waals surface area contributed by atoms with Crippen molar-refractivity contribution in [2.24, 2.45) is 0 Å². The molecule has 1 atom stereocenters. The van der Waals surface area contributed by atoms with Crippen molar-refractivity contribution in [3.8, 4) is 0 Å². The van der Waals surface area contributed by atoms with E-state index in [4.69, 9.17) is 11.6 Å². The van der Waals surface area contributed by atoms with E-state index >= 15 is 0 Å². The number of carbonyl (C=O) groups excluding carboxylic acids is 1. The van der Waals surface area contributed by atoms with Gasteiger partial charge in [-0.25, -0.2) is 8.42 Å². The van der Waals surface area contributed by atoms with Gasteiger partial charge in [0, 0.05) is 5.02 Å². The van der Waals surface area contributed by atoms with Gasteiger partial charge < -0.3 is 5.32 Å². The molecule has 7 heteroatoms. The maximum atomic E-state index is 12.7. The van der Waals surface area contributed by atoms with Crippen molar-refractivity contribution < 1.29 is 13.2 Å². The SMILES string of the molecule is CC[C@@H](NC(=O)CN(c1cc(Cl)ccc1C)S(C)(=O)=O)c1ccc(C)c(C)c1. The molecule has 0 fully saturated rings. The Balaban J connectivity index is 2.25. The van der Waals surface area contributed by atoms with Crippen LogP contribution in [-0.4, -0.2) is 27.1 Å². The van der Waals surface area contributed by atoms with Crippen molar-refractivity contribution in [3.05, 3.63) is 63.7 Å². The second-order valence-corrected chi connectivity index (χ2v) is 9.42. The molecular formula is C21H27ClN2O3S. The van der Waals surface area contributed by atoms with Crippen molar-refractivity contribution in [3.63, 3.8) is 0 Å². The molecule has 152 valence electrons. The lowest BCUT2D eigenvalue weighted by molar-refractivity contribution is -0.120. The molecule has 0 saturated heterocycles. The summed E-state index contributed by atoms with van der Waals surface area (Å²) in [6.07, 6.45) is 1.78. The van der Waals surface area contributed by atoms with Gasteiger partial charge in [0.25, 0.3) is 0 Å². The predicted octanol–water partition coefficient (Wildman–Crippen LogP) is 4.30. The highest BCUT2D eigenvalue weighted by Gasteiger charge is 2.24. The second kappa shape index (κ2) is 8.97. The minimum Gasteiger partial charge on any atom is -0.348 e. The first-order valence-electron chi connectivity index (χ1n) is 9.13. The highest BCUT2D eigenvalue weighted by Crippen LogP contribution is 2.26. The van der Waals surface area contributed by atoms with E-state index in [1.54, 1.807) is 25.1 Å². The van der Waals surface area contributed by atoms with Crippen molar-refractivity contribution in [2.75, 3.05) is 17.1 Å². The zero-order valence-electron chi connectivity index (χ0n) is 16.9. The first-order valence-corrected chi connectivity index (χ1v) is 11.4. The number of benzene rings is 2. The molecule has 28 heavy (non-hydrogen) atoms. The minimum absolute atomic E-state index is 0.186. The quantitative estimate of drug-likeness (QED) is 0.723. The summed E-state index contributed by atoms with van der Waals surface area (Å²) >= 11 is 6.04. The molecule has 0 aliphatic heterocycles. The summed E-state index contributed by atoms with van der Waals surface area (Å²) in [5, 5.41) is 3.37. The molecule has 1 N–H and O–H groups in total. The maximum absolute atomic E-state index is 12.7. The standard InChI is InChI=1S/C21H27ClN2O3S/c1-6-19(17-9-7-14(2)16(4)11-17)23-21(25)13-24(28(5,26)27)20-12-18(22)10-8-15(20)3/h7-12,19H,6,13H2,1-5H3,(H,23,25)/t19-/m1/s1. The Hall–Kier alpha value is -2.05. The van der Waals surface area contributed by atoms with Crippen molar-refractivity contribution in [2.45, 2.75) is 40.2 Å². The third-order valence-electron chi connectivity index (χ3n) is 4.80. The van der Waals surface area contributed by atoms with E-state index in [1.165, 1.54) is 5.56 Å². The number of aryl methyl sites for hydroxylation is 3. The average Bonchev–Trinajstić information content (AvgIpc) is 2.61. The van der Waals surface area contributed by atoms with Crippen LogP contribution in [0.1, 0.15) is 41.6 Å². The molecule has 0 spiro atoms. The summed E-state index contributed by atoms with van der Waals surface area (Å²) in [5.41, 5.74) is 4.47. The van der Waals surface area contributed by atoms with Crippen LogP contribution in [0.3, 0.4) is 0 Å². The fourth-order valence-corrected chi connectivity index (χ4v) is 4.08. The summed E-state index contributed by atoms with van der Waals surface area (Å²) in [7, 11) is -3.66. The fourth-order valence-electron chi connectivity index (χ4n) is 3.01. The van der Waals surface area contributed by atoms with Crippen LogP contribution < -0.4 is 9.62 Å². The third-order valence-corrected chi connectivity index (χ3v) is 6.17. The molecule has 0 saturated carbocycles. The van der Waals surface area contributed by atoms with Gasteiger partial charge in [0.2, 0.25) is 15.9 Å². The molecule has 2 aromatic rings. The highest BCUT2D eigenvalue weighted by atomic mass is 35.5. The lowest BCUT2D eigenvalue weighted by Gasteiger charge is -2.25. The van der Waals surface area contributed by atoms with E-state index in [-0.39, 0.29) is 18.5 Å². The van der Waals surface area contributed by atoms with Gasteiger partial charge in [-0.1, -0.05) is 42.8 Å². The van der Waals surface area contributed by atoms with Crippen LogP contribution in [0.2, 0.25) is 5.02 Å². The van der Waals surface area contributed by atoms with Crippen molar-refractivity contribution >= 4 is 33.2 Å². The lowest BCUT2D eigenvalue weighted by atomic mass is 9.99. The molecule has 5 nitrogen and oxygen atoms in total. The summed E-state index contributed by atoms with van der Waals surface area (Å²) in [5.74, 6) is -0.366. The number of halogens is 1. The number of hydrogen-bond acceptors (Lipinski definition) is 3. The van der Waals surface area contributed by atoms with E-state index in [9.17, 15) is 13.2 Å². The molecule has 2 rings (SSSR count). The van der Waals surface area contributed by atoms with Crippen LogP contribution in [0.5, 0.6) is 0 Å². The zero-order valence-corrected chi connectivity index (χ0v) is 18.5. The smallest absolute Gasteiger partial charge is 0.241 e. The van der Waals surface area contributed by atoms with Gasteiger partial charge in [0.15, 0.2) is 0 Å². The average molecular weight is 423 g/mol. The van der Waals surface area contributed by atoms with E-state index in [2.05, 4.69) is 11.4 Å². The van der Waals surface area contributed by atoms with Crippen LogP contribution in [0, 0.1) is 20.8 Å². The van der Waals surface area contributed by atoms with Gasteiger partial charge in [-0.2, -0.15) is 0 Å². The van der Waals surface area contributed by atoms with Gasteiger partial charge in [0.1, 0.15) is 6.54 Å².